The molecule has 0 saturated heterocycles. The first-order chi connectivity index (χ1) is 14.1. The lowest BCUT2D eigenvalue weighted by molar-refractivity contribution is -0.112. The smallest absolute Gasteiger partial charge is 0.266 e. The molecule has 0 saturated carbocycles. The van der Waals surface area contributed by atoms with Crippen molar-refractivity contribution in [1.82, 2.24) is 0 Å². The molecule has 1 amide bonds. The molecule has 0 fully saturated rings. The summed E-state index contributed by atoms with van der Waals surface area (Å²) in [7, 11) is 0. The molecule has 0 aliphatic heterocycles. The van der Waals surface area contributed by atoms with Gasteiger partial charge >= 0.3 is 0 Å². The predicted octanol–water partition coefficient (Wildman–Crippen LogP) is 6.04. The van der Waals surface area contributed by atoms with Crippen molar-refractivity contribution in [1.29, 1.82) is 5.26 Å². The first-order valence-corrected chi connectivity index (χ1v) is 9.82. The van der Waals surface area contributed by atoms with Gasteiger partial charge in [0.25, 0.3) is 5.91 Å². The fourth-order valence-corrected chi connectivity index (χ4v) is 3.33. The Bertz CT molecular complexity index is 1100. The molecule has 3 rings (SSSR count). The zero-order chi connectivity index (χ0) is 20.6. The lowest BCUT2D eigenvalue weighted by atomic mass is 9.98. The van der Waals surface area contributed by atoms with Crippen molar-refractivity contribution in [3.63, 3.8) is 0 Å². The number of nitriles is 1. The zero-order valence-corrected chi connectivity index (χ0v) is 16.9. The van der Waals surface area contributed by atoms with Crippen molar-refractivity contribution in [2.75, 3.05) is 5.32 Å². The predicted molar refractivity (Wildman–Crippen MR) is 119 cm³/mol. The lowest BCUT2D eigenvalue weighted by Gasteiger charge is -2.10. The van der Waals surface area contributed by atoms with Gasteiger partial charge in [0.2, 0.25) is 0 Å². The van der Waals surface area contributed by atoms with Gasteiger partial charge in [0.15, 0.2) is 0 Å². The topological polar surface area (TPSA) is 52.9 Å². The van der Waals surface area contributed by atoms with Crippen LogP contribution in [0.15, 0.2) is 78.4 Å². The van der Waals surface area contributed by atoms with Gasteiger partial charge in [-0.1, -0.05) is 79.2 Å². The maximum atomic E-state index is 12.7. The Kier molecular flexibility index (Phi) is 6.84. The maximum Gasteiger partial charge on any atom is 0.266 e. The van der Waals surface area contributed by atoms with E-state index in [2.05, 4.69) is 5.32 Å². The number of nitrogens with zero attached hydrogens (tertiary/aromatic N) is 1. The van der Waals surface area contributed by atoms with Crippen LogP contribution in [0.3, 0.4) is 0 Å². The molecule has 0 spiro atoms. The molecule has 3 nitrogen and oxygen atoms in total. The molecule has 29 heavy (non-hydrogen) atoms. The van der Waals surface area contributed by atoms with Gasteiger partial charge in [0.05, 0.1) is 0 Å². The lowest BCUT2D eigenvalue weighted by Crippen LogP contribution is -2.14. The summed E-state index contributed by atoms with van der Waals surface area (Å²) in [6.45, 7) is 2.02. The second kappa shape index (κ2) is 9.73. The van der Waals surface area contributed by atoms with Crippen LogP contribution in [0.1, 0.15) is 29.2 Å². The average Bonchev–Trinajstić information content (AvgIpc) is 2.75. The van der Waals surface area contributed by atoms with Crippen molar-refractivity contribution in [3.8, 4) is 6.07 Å². The van der Waals surface area contributed by atoms with Crippen molar-refractivity contribution in [2.45, 2.75) is 19.8 Å². The number of anilines is 1. The van der Waals surface area contributed by atoms with Crippen LogP contribution in [0.25, 0.3) is 6.08 Å². The Labute approximate surface area is 176 Å². The summed E-state index contributed by atoms with van der Waals surface area (Å²) >= 11 is 6.30. The fourth-order valence-electron chi connectivity index (χ4n) is 3.13. The second-order valence-electron chi connectivity index (χ2n) is 6.60. The van der Waals surface area contributed by atoms with Crippen LogP contribution in [0.4, 0.5) is 5.69 Å². The number of nitrogens with one attached hydrogen (secondary N) is 1. The molecule has 0 heterocycles. The van der Waals surface area contributed by atoms with E-state index in [9.17, 15) is 10.1 Å². The first-order valence-electron chi connectivity index (χ1n) is 9.44. The molecular formula is C25H21ClN2O. The molecule has 144 valence electrons. The summed E-state index contributed by atoms with van der Waals surface area (Å²) in [5, 5.41) is 13.1. The van der Waals surface area contributed by atoms with Crippen molar-refractivity contribution >= 4 is 29.3 Å². The minimum absolute atomic E-state index is 0.0579. The minimum Gasteiger partial charge on any atom is -0.321 e. The molecule has 0 aliphatic carbocycles. The highest BCUT2D eigenvalue weighted by molar-refractivity contribution is 6.31. The summed E-state index contributed by atoms with van der Waals surface area (Å²) < 4.78 is 0. The highest BCUT2D eigenvalue weighted by atomic mass is 35.5. The third-order valence-corrected chi connectivity index (χ3v) is 5.07. The normalized spacial score (nSPS) is 11.0. The van der Waals surface area contributed by atoms with E-state index in [-0.39, 0.29) is 5.57 Å². The number of halogens is 1. The number of benzene rings is 3. The van der Waals surface area contributed by atoms with Crippen molar-refractivity contribution in [3.05, 3.63) is 106 Å². The van der Waals surface area contributed by atoms with Gasteiger partial charge in [-0.05, 0) is 53.3 Å². The molecule has 0 unspecified atom stereocenters. The number of hydrogen-bond donors (Lipinski definition) is 1. The largest absolute Gasteiger partial charge is 0.321 e. The van der Waals surface area contributed by atoms with Crippen LogP contribution in [0.2, 0.25) is 5.02 Å². The van der Waals surface area contributed by atoms with Crippen LogP contribution in [0, 0.1) is 11.3 Å². The summed E-state index contributed by atoms with van der Waals surface area (Å²) in [5.41, 5.74) is 4.62. The average molecular weight is 401 g/mol. The van der Waals surface area contributed by atoms with Gasteiger partial charge in [0, 0.05) is 10.7 Å². The van der Waals surface area contributed by atoms with Gasteiger partial charge in [-0.2, -0.15) is 5.26 Å². The number of amides is 1. The number of aryl methyl sites for hydroxylation is 1. The van der Waals surface area contributed by atoms with E-state index in [0.717, 1.165) is 34.4 Å². The summed E-state index contributed by atoms with van der Waals surface area (Å²) in [4.78, 5) is 12.7. The quantitative estimate of drug-likeness (QED) is 0.405. The number of carbonyl (C=O) groups excluding carboxylic acids is 1. The molecule has 3 aromatic carbocycles. The fraction of sp³-hybridized carbons (Fsp3) is 0.120. The zero-order valence-electron chi connectivity index (χ0n) is 16.2. The van der Waals surface area contributed by atoms with Gasteiger partial charge in [-0.25, -0.2) is 0 Å². The summed E-state index contributed by atoms with van der Waals surface area (Å²) in [5.74, 6) is -0.416. The van der Waals surface area contributed by atoms with E-state index in [1.54, 1.807) is 6.08 Å². The van der Waals surface area contributed by atoms with E-state index in [1.807, 2.05) is 85.8 Å². The maximum absolute atomic E-state index is 12.7. The molecule has 0 aromatic heterocycles. The molecule has 4 heteroatoms. The van der Waals surface area contributed by atoms with Crippen LogP contribution in [-0.4, -0.2) is 5.91 Å². The van der Waals surface area contributed by atoms with Crippen LogP contribution < -0.4 is 5.32 Å². The van der Waals surface area contributed by atoms with Gasteiger partial charge in [-0.3, -0.25) is 4.79 Å². The van der Waals surface area contributed by atoms with Gasteiger partial charge in [0.1, 0.15) is 11.6 Å². The third-order valence-electron chi connectivity index (χ3n) is 4.71. The highest BCUT2D eigenvalue weighted by Gasteiger charge is 2.13. The van der Waals surface area contributed by atoms with E-state index >= 15 is 0 Å². The molecule has 1 N–H and O–H groups in total. The van der Waals surface area contributed by atoms with Gasteiger partial charge < -0.3 is 5.32 Å². The van der Waals surface area contributed by atoms with Crippen LogP contribution >= 0.6 is 11.6 Å². The number of carbonyl (C=O) groups is 1. The molecule has 0 radical (unpaired) electrons. The second-order valence-corrected chi connectivity index (χ2v) is 7.01. The Morgan fingerprint density at radius 3 is 2.28 bits per heavy atom. The van der Waals surface area contributed by atoms with Gasteiger partial charge in [-0.15, -0.1) is 0 Å². The van der Waals surface area contributed by atoms with E-state index in [0.29, 0.717) is 11.4 Å². The number of rotatable bonds is 6. The van der Waals surface area contributed by atoms with Crippen molar-refractivity contribution < 1.29 is 4.79 Å². The standard InChI is InChI=1S/C25H21ClN2O/c1-2-18-9-6-8-14-24(18)28-25(29)22(17-27)16-20-11-4-3-10-19(20)15-21-12-5-7-13-23(21)26/h3-14,16H,2,15H2,1H3,(H,28,29)/b22-16+. The van der Waals surface area contributed by atoms with Crippen molar-refractivity contribution in [2.24, 2.45) is 0 Å². The molecule has 0 aliphatic rings. The highest BCUT2D eigenvalue weighted by Crippen LogP contribution is 2.23. The Hall–Kier alpha value is -3.35. The SMILES string of the molecule is CCc1ccccc1NC(=O)/C(C#N)=C/c1ccccc1Cc1ccccc1Cl. The Morgan fingerprint density at radius 1 is 0.966 bits per heavy atom. The molecule has 3 aromatic rings. The monoisotopic (exact) mass is 400 g/mol. The first kappa shape index (κ1) is 20.4. The number of para-hydroxylation sites is 1. The van der Waals surface area contributed by atoms with E-state index < -0.39 is 5.91 Å². The minimum atomic E-state index is -0.416. The van der Waals surface area contributed by atoms with E-state index in [1.165, 1.54) is 0 Å². The van der Waals surface area contributed by atoms with E-state index in [4.69, 9.17) is 11.6 Å². The summed E-state index contributed by atoms with van der Waals surface area (Å²) in [6, 6.07) is 25.0. The molecular weight excluding hydrogens is 380 g/mol. The molecule has 0 atom stereocenters. The van der Waals surface area contributed by atoms with Crippen LogP contribution in [-0.2, 0) is 17.6 Å². The van der Waals surface area contributed by atoms with Crippen LogP contribution in [0.5, 0.6) is 0 Å². The Morgan fingerprint density at radius 2 is 1.59 bits per heavy atom. The summed E-state index contributed by atoms with van der Waals surface area (Å²) in [6.07, 6.45) is 3.05. The third kappa shape index (κ3) is 5.13. The number of hydrogen-bond acceptors (Lipinski definition) is 2. The Balaban J connectivity index is 1.89. The molecule has 0 bridgehead atoms.